The van der Waals surface area contributed by atoms with E-state index >= 15 is 0 Å². The Kier molecular flexibility index (Phi) is 3.41. The Morgan fingerprint density at radius 2 is 1.50 bits per heavy atom. The highest BCUT2D eigenvalue weighted by molar-refractivity contribution is 8.04. The summed E-state index contributed by atoms with van der Waals surface area (Å²) in [7, 11) is -11.9. The van der Waals surface area contributed by atoms with Gasteiger partial charge in [0.15, 0.2) is 9.84 Å². The quantitative estimate of drug-likeness (QED) is 0.642. The third-order valence-corrected chi connectivity index (χ3v) is 8.02. The minimum absolute atomic E-state index is 0.0163. The lowest BCUT2D eigenvalue weighted by molar-refractivity contribution is 0.471. The van der Waals surface area contributed by atoms with Gasteiger partial charge in [-0.05, 0) is 12.8 Å². The fourth-order valence-corrected chi connectivity index (χ4v) is 8.07. The molecule has 16 heavy (non-hydrogen) atoms. The summed E-state index contributed by atoms with van der Waals surface area (Å²) in [5, 5.41) is -1.47. The molecule has 7 nitrogen and oxygen atoms in total. The van der Waals surface area contributed by atoms with E-state index in [1.807, 2.05) is 0 Å². The van der Waals surface area contributed by atoms with Crippen LogP contribution >= 0.6 is 0 Å². The summed E-state index contributed by atoms with van der Waals surface area (Å²) in [5.74, 6) is -0.181. The van der Waals surface area contributed by atoms with Gasteiger partial charge >= 0.3 is 0 Å². The van der Waals surface area contributed by atoms with E-state index in [4.69, 9.17) is 0 Å². The lowest BCUT2D eigenvalue weighted by Gasteiger charge is -2.22. The summed E-state index contributed by atoms with van der Waals surface area (Å²) in [5.41, 5.74) is 0. The van der Waals surface area contributed by atoms with Gasteiger partial charge in [-0.2, -0.15) is 0 Å². The Hall–Kier alpha value is -0.190. The van der Waals surface area contributed by atoms with E-state index in [1.54, 1.807) is 0 Å². The predicted molar refractivity (Wildman–Crippen MR) is 58.3 cm³/mol. The van der Waals surface area contributed by atoms with Crippen LogP contribution in [0, 0.1) is 0 Å². The van der Waals surface area contributed by atoms with Gasteiger partial charge in [0, 0.05) is 0 Å². The van der Waals surface area contributed by atoms with Crippen molar-refractivity contribution in [3.05, 3.63) is 0 Å². The van der Waals surface area contributed by atoms with Gasteiger partial charge < -0.3 is 0 Å². The minimum Gasteiger partial charge on any atom is -0.227 e. The molecule has 1 unspecified atom stereocenters. The normalized spacial score (nSPS) is 26.1. The molecule has 0 radical (unpaired) electrons. The van der Waals surface area contributed by atoms with Crippen LogP contribution in [0.2, 0.25) is 0 Å². The SMILES string of the molecule is CS(=O)(=O)N(C1CCCS1(=O)=O)S(C)(=O)=O. The van der Waals surface area contributed by atoms with Crippen molar-refractivity contribution >= 4 is 29.9 Å². The minimum atomic E-state index is -4.11. The van der Waals surface area contributed by atoms with Gasteiger partial charge in [-0.15, -0.1) is 0 Å². The summed E-state index contributed by atoms with van der Waals surface area (Å²) >= 11 is 0. The van der Waals surface area contributed by atoms with Crippen LogP contribution in [0.5, 0.6) is 0 Å². The molecule has 0 aromatic rings. The number of hydrogen-bond acceptors (Lipinski definition) is 6. The van der Waals surface area contributed by atoms with Crippen LogP contribution in [-0.2, 0) is 29.9 Å². The highest BCUT2D eigenvalue weighted by atomic mass is 32.3. The van der Waals surface area contributed by atoms with E-state index in [-0.39, 0.29) is 22.3 Å². The molecule has 0 aromatic carbocycles. The number of sulfonamides is 2. The van der Waals surface area contributed by atoms with Crippen LogP contribution in [0.25, 0.3) is 0 Å². The molecule has 0 bridgehead atoms. The summed E-state index contributed by atoms with van der Waals surface area (Å²) in [6.45, 7) is 0. The van der Waals surface area contributed by atoms with Crippen molar-refractivity contribution in [2.24, 2.45) is 0 Å². The smallest absolute Gasteiger partial charge is 0.225 e. The van der Waals surface area contributed by atoms with Crippen molar-refractivity contribution in [2.45, 2.75) is 18.2 Å². The Labute approximate surface area is 95.5 Å². The second kappa shape index (κ2) is 3.93. The van der Waals surface area contributed by atoms with E-state index < -0.39 is 35.3 Å². The first-order valence-corrected chi connectivity index (χ1v) is 9.78. The second-order valence-corrected chi connectivity index (χ2v) is 9.94. The van der Waals surface area contributed by atoms with E-state index in [9.17, 15) is 25.3 Å². The van der Waals surface area contributed by atoms with Crippen LogP contribution < -0.4 is 0 Å². The van der Waals surface area contributed by atoms with Crippen molar-refractivity contribution in [3.63, 3.8) is 0 Å². The molecule has 1 saturated heterocycles. The Balaban J connectivity index is 3.37. The maximum atomic E-state index is 11.5. The Morgan fingerprint density at radius 3 is 1.75 bits per heavy atom. The molecular weight excluding hydrogens is 278 g/mol. The number of sulfone groups is 1. The van der Waals surface area contributed by atoms with Gasteiger partial charge in [-0.25, -0.2) is 25.3 Å². The molecule has 1 aliphatic heterocycles. The topological polar surface area (TPSA) is 106 Å². The van der Waals surface area contributed by atoms with Gasteiger partial charge in [0.05, 0.1) is 18.3 Å². The third kappa shape index (κ3) is 2.73. The molecule has 96 valence electrons. The zero-order valence-electron chi connectivity index (χ0n) is 8.82. The van der Waals surface area contributed by atoms with Gasteiger partial charge in [0.1, 0.15) is 5.37 Å². The molecule has 1 atom stereocenters. The highest BCUT2D eigenvalue weighted by Crippen LogP contribution is 2.27. The maximum absolute atomic E-state index is 11.5. The van der Waals surface area contributed by atoms with Crippen molar-refractivity contribution in [2.75, 3.05) is 18.3 Å². The molecule has 0 amide bonds. The molecule has 1 fully saturated rings. The number of rotatable bonds is 3. The first-order chi connectivity index (χ1) is 6.96. The summed E-state index contributed by atoms with van der Waals surface area (Å²) in [4.78, 5) is 0. The molecule has 0 spiro atoms. The molecule has 1 rings (SSSR count). The zero-order chi connectivity index (χ0) is 12.8. The molecule has 0 aliphatic carbocycles. The summed E-state index contributed by atoms with van der Waals surface area (Å²) < 4.78 is 68.5. The average molecular weight is 291 g/mol. The van der Waals surface area contributed by atoms with Crippen molar-refractivity contribution < 1.29 is 25.3 Å². The summed E-state index contributed by atoms with van der Waals surface area (Å²) in [6.07, 6.45) is 1.65. The highest BCUT2D eigenvalue weighted by Gasteiger charge is 2.45. The lowest BCUT2D eigenvalue weighted by atomic mass is 10.3. The van der Waals surface area contributed by atoms with E-state index in [0.717, 1.165) is 0 Å². The molecular formula is C6H13NO6S3. The second-order valence-electron chi connectivity index (χ2n) is 3.72. The monoisotopic (exact) mass is 291 g/mol. The first kappa shape index (κ1) is 13.9. The van der Waals surface area contributed by atoms with Crippen LogP contribution in [0.3, 0.4) is 0 Å². The lowest BCUT2D eigenvalue weighted by Crippen LogP contribution is -2.45. The maximum Gasteiger partial charge on any atom is 0.225 e. The zero-order valence-corrected chi connectivity index (χ0v) is 11.3. The fourth-order valence-electron chi connectivity index (χ4n) is 1.68. The van der Waals surface area contributed by atoms with E-state index in [0.29, 0.717) is 12.5 Å². The van der Waals surface area contributed by atoms with Crippen molar-refractivity contribution in [1.82, 2.24) is 3.71 Å². The molecule has 0 aromatic heterocycles. The molecule has 10 heteroatoms. The molecule has 1 aliphatic rings. The van der Waals surface area contributed by atoms with Crippen molar-refractivity contribution in [3.8, 4) is 0 Å². The average Bonchev–Trinajstić information content (AvgIpc) is 2.24. The number of hydrogen-bond donors (Lipinski definition) is 0. The van der Waals surface area contributed by atoms with Crippen LogP contribution in [0.4, 0.5) is 0 Å². The Bertz CT molecular complexity index is 540. The van der Waals surface area contributed by atoms with Crippen molar-refractivity contribution in [1.29, 1.82) is 0 Å². The number of nitrogens with zero attached hydrogens (tertiary/aromatic N) is 1. The summed E-state index contributed by atoms with van der Waals surface area (Å²) in [6, 6.07) is 0. The third-order valence-electron chi connectivity index (χ3n) is 2.18. The van der Waals surface area contributed by atoms with Crippen LogP contribution in [0.1, 0.15) is 12.8 Å². The van der Waals surface area contributed by atoms with Gasteiger partial charge in [-0.3, -0.25) is 0 Å². The van der Waals surface area contributed by atoms with E-state index in [1.165, 1.54) is 0 Å². The Morgan fingerprint density at radius 1 is 1.06 bits per heavy atom. The molecule has 1 heterocycles. The molecule has 0 N–H and O–H groups in total. The van der Waals surface area contributed by atoms with Gasteiger partial charge in [-0.1, -0.05) is 3.71 Å². The van der Waals surface area contributed by atoms with E-state index in [2.05, 4.69) is 0 Å². The molecule has 0 saturated carbocycles. The fraction of sp³-hybridized carbons (Fsp3) is 1.00. The van der Waals surface area contributed by atoms with Gasteiger partial charge in [0.25, 0.3) is 0 Å². The van der Waals surface area contributed by atoms with Gasteiger partial charge in [0.2, 0.25) is 20.0 Å². The first-order valence-electron chi connectivity index (χ1n) is 4.37. The van der Waals surface area contributed by atoms with Crippen LogP contribution in [-0.4, -0.2) is 52.6 Å². The predicted octanol–water partition coefficient (Wildman–Crippen LogP) is -1.26. The van der Waals surface area contributed by atoms with Crippen LogP contribution in [0.15, 0.2) is 0 Å². The standard InChI is InChI=1S/C6H13NO6S3/c1-14(8,9)7(15(2,10)11)6-4-3-5-16(6,12)13/h6H,3-5H2,1-2H3. The largest absolute Gasteiger partial charge is 0.227 e.